The van der Waals surface area contributed by atoms with Crippen LogP contribution in [0.2, 0.25) is 0 Å². The van der Waals surface area contributed by atoms with Crippen LogP contribution >= 0.6 is 0 Å². The van der Waals surface area contributed by atoms with Crippen LogP contribution in [0.4, 0.5) is 0 Å². The standard InChI is InChI=1S/C12H14N4O/c17-7-9-5-13-12(14-6-9)16-8-15-10-3-1-2-4-11(10)16/h5-6,8,17H,1-4,7H2. The van der Waals surface area contributed by atoms with Crippen molar-refractivity contribution in [3.8, 4) is 5.95 Å². The number of fused-ring (bicyclic) bond motifs is 1. The van der Waals surface area contributed by atoms with E-state index in [0.717, 1.165) is 18.4 Å². The second kappa shape index (κ2) is 4.25. The Hall–Kier alpha value is -1.75. The molecule has 3 rings (SSSR count). The summed E-state index contributed by atoms with van der Waals surface area (Å²) in [5.74, 6) is 0.637. The molecular formula is C12H14N4O. The van der Waals surface area contributed by atoms with Gasteiger partial charge in [-0.05, 0) is 25.7 Å². The third-order valence-electron chi connectivity index (χ3n) is 3.12. The normalized spacial score (nSPS) is 14.6. The fourth-order valence-electron chi connectivity index (χ4n) is 2.20. The van der Waals surface area contributed by atoms with Crippen LogP contribution in [-0.2, 0) is 19.4 Å². The van der Waals surface area contributed by atoms with Gasteiger partial charge < -0.3 is 5.11 Å². The van der Waals surface area contributed by atoms with E-state index in [4.69, 9.17) is 5.11 Å². The first-order valence-corrected chi connectivity index (χ1v) is 5.86. The minimum Gasteiger partial charge on any atom is -0.392 e. The summed E-state index contributed by atoms with van der Waals surface area (Å²) in [5.41, 5.74) is 3.13. The lowest BCUT2D eigenvalue weighted by Crippen LogP contribution is -2.09. The van der Waals surface area contributed by atoms with E-state index in [2.05, 4.69) is 15.0 Å². The van der Waals surface area contributed by atoms with Crippen LogP contribution in [-0.4, -0.2) is 24.6 Å². The van der Waals surface area contributed by atoms with E-state index in [0.29, 0.717) is 5.95 Å². The van der Waals surface area contributed by atoms with Crippen LogP contribution in [0.3, 0.4) is 0 Å². The maximum atomic E-state index is 8.95. The van der Waals surface area contributed by atoms with Gasteiger partial charge in [-0.15, -0.1) is 0 Å². The highest BCUT2D eigenvalue weighted by atomic mass is 16.3. The van der Waals surface area contributed by atoms with Crippen molar-refractivity contribution in [1.82, 2.24) is 19.5 Å². The van der Waals surface area contributed by atoms with Gasteiger partial charge in [0, 0.05) is 23.7 Å². The van der Waals surface area contributed by atoms with Crippen LogP contribution in [0.25, 0.3) is 5.95 Å². The molecule has 0 bridgehead atoms. The number of rotatable bonds is 2. The zero-order valence-corrected chi connectivity index (χ0v) is 9.50. The van der Waals surface area contributed by atoms with Gasteiger partial charge in [0.05, 0.1) is 12.3 Å². The molecule has 0 fully saturated rings. The molecule has 5 heteroatoms. The van der Waals surface area contributed by atoms with Gasteiger partial charge in [0.2, 0.25) is 5.95 Å². The second-order valence-corrected chi connectivity index (χ2v) is 4.26. The lowest BCUT2D eigenvalue weighted by Gasteiger charge is -2.12. The van der Waals surface area contributed by atoms with E-state index in [9.17, 15) is 0 Å². The first-order chi connectivity index (χ1) is 8.38. The molecule has 0 aliphatic heterocycles. The van der Waals surface area contributed by atoms with Gasteiger partial charge in [-0.2, -0.15) is 0 Å². The summed E-state index contributed by atoms with van der Waals surface area (Å²) in [7, 11) is 0. The maximum absolute atomic E-state index is 8.95. The van der Waals surface area contributed by atoms with Gasteiger partial charge in [-0.1, -0.05) is 0 Å². The monoisotopic (exact) mass is 230 g/mol. The Morgan fingerprint density at radius 1 is 1.12 bits per heavy atom. The summed E-state index contributed by atoms with van der Waals surface area (Å²) in [6, 6.07) is 0. The van der Waals surface area contributed by atoms with Crippen molar-refractivity contribution >= 4 is 0 Å². The van der Waals surface area contributed by atoms with Gasteiger partial charge in [-0.3, -0.25) is 4.57 Å². The molecule has 0 saturated carbocycles. The topological polar surface area (TPSA) is 63.8 Å². The average molecular weight is 230 g/mol. The van der Waals surface area contributed by atoms with Crippen LogP contribution in [0, 0.1) is 0 Å². The number of aryl methyl sites for hydroxylation is 1. The Labute approximate surface area is 99.2 Å². The summed E-state index contributed by atoms with van der Waals surface area (Å²) >= 11 is 0. The molecule has 5 nitrogen and oxygen atoms in total. The molecule has 0 unspecified atom stereocenters. The predicted molar refractivity (Wildman–Crippen MR) is 61.7 cm³/mol. The number of nitrogens with zero attached hydrogens (tertiary/aromatic N) is 4. The largest absolute Gasteiger partial charge is 0.392 e. The molecule has 1 aliphatic carbocycles. The molecule has 0 aromatic carbocycles. The highest BCUT2D eigenvalue weighted by molar-refractivity contribution is 5.25. The molecule has 1 N–H and O–H groups in total. The highest BCUT2D eigenvalue weighted by Crippen LogP contribution is 2.21. The van der Waals surface area contributed by atoms with Gasteiger partial charge in [-0.25, -0.2) is 15.0 Å². The van der Waals surface area contributed by atoms with Crippen molar-refractivity contribution < 1.29 is 5.11 Å². The molecule has 0 radical (unpaired) electrons. The molecule has 17 heavy (non-hydrogen) atoms. The molecule has 0 atom stereocenters. The van der Waals surface area contributed by atoms with E-state index < -0.39 is 0 Å². The number of aliphatic hydroxyl groups excluding tert-OH is 1. The Morgan fingerprint density at radius 2 is 1.88 bits per heavy atom. The summed E-state index contributed by atoms with van der Waals surface area (Å²) in [4.78, 5) is 12.9. The zero-order valence-electron chi connectivity index (χ0n) is 9.50. The van der Waals surface area contributed by atoms with Gasteiger partial charge in [0.15, 0.2) is 0 Å². The number of imidazole rings is 1. The highest BCUT2D eigenvalue weighted by Gasteiger charge is 2.16. The van der Waals surface area contributed by atoms with E-state index in [1.165, 1.54) is 24.2 Å². The van der Waals surface area contributed by atoms with Crippen molar-refractivity contribution in [3.05, 3.63) is 35.7 Å². The van der Waals surface area contributed by atoms with Gasteiger partial charge >= 0.3 is 0 Å². The molecule has 2 aromatic rings. The third kappa shape index (κ3) is 1.82. The molecule has 0 amide bonds. The van der Waals surface area contributed by atoms with Gasteiger partial charge in [0.25, 0.3) is 0 Å². The molecule has 2 aromatic heterocycles. The first-order valence-electron chi connectivity index (χ1n) is 5.86. The van der Waals surface area contributed by atoms with Crippen molar-refractivity contribution in [2.75, 3.05) is 0 Å². The Morgan fingerprint density at radius 3 is 2.65 bits per heavy atom. The summed E-state index contributed by atoms with van der Waals surface area (Å²) in [6.45, 7) is -0.0255. The van der Waals surface area contributed by atoms with Crippen molar-refractivity contribution in [2.24, 2.45) is 0 Å². The Bertz CT molecular complexity index is 518. The average Bonchev–Trinajstić information content (AvgIpc) is 2.83. The molecule has 0 saturated heterocycles. The lowest BCUT2D eigenvalue weighted by atomic mass is 10.0. The van der Waals surface area contributed by atoms with Crippen molar-refractivity contribution in [1.29, 1.82) is 0 Å². The fourth-order valence-corrected chi connectivity index (χ4v) is 2.20. The summed E-state index contributed by atoms with van der Waals surface area (Å²) < 4.78 is 1.95. The van der Waals surface area contributed by atoms with E-state index in [1.54, 1.807) is 18.7 Å². The van der Waals surface area contributed by atoms with Crippen LogP contribution in [0.15, 0.2) is 18.7 Å². The van der Waals surface area contributed by atoms with Crippen LogP contribution in [0.5, 0.6) is 0 Å². The molecule has 1 aliphatic rings. The zero-order chi connectivity index (χ0) is 11.7. The van der Waals surface area contributed by atoms with Crippen molar-refractivity contribution in [2.45, 2.75) is 32.3 Å². The number of aliphatic hydroxyl groups is 1. The second-order valence-electron chi connectivity index (χ2n) is 4.26. The molecule has 88 valence electrons. The summed E-state index contributed by atoms with van der Waals surface area (Å²) in [5, 5.41) is 8.95. The fraction of sp³-hybridized carbons (Fsp3) is 0.417. The minimum absolute atomic E-state index is 0.0255. The lowest BCUT2D eigenvalue weighted by molar-refractivity contribution is 0.281. The maximum Gasteiger partial charge on any atom is 0.235 e. The number of hydrogen-bond donors (Lipinski definition) is 1. The molecule has 2 heterocycles. The number of hydrogen-bond acceptors (Lipinski definition) is 4. The van der Waals surface area contributed by atoms with E-state index in [1.807, 2.05) is 4.57 Å². The Balaban J connectivity index is 2.00. The molecule has 0 spiro atoms. The quantitative estimate of drug-likeness (QED) is 0.837. The van der Waals surface area contributed by atoms with Crippen molar-refractivity contribution in [3.63, 3.8) is 0 Å². The first kappa shape index (κ1) is 10.4. The predicted octanol–water partition coefficient (Wildman–Crippen LogP) is 1.03. The Kier molecular flexibility index (Phi) is 2.60. The van der Waals surface area contributed by atoms with Gasteiger partial charge in [0.1, 0.15) is 6.33 Å². The molecular weight excluding hydrogens is 216 g/mol. The third-order valence-corrected chi connectivity index (χ3v) is 3.12. The minimum atomic E-state index is -0.0255. The van der Waals surface area contributed by atoms with E-state index in [-0.39, 0.29) is 6.61 Å². The number of aromatic nitrogens is 4. The summed E-state index contributed by atoms with van der Waals surface area (Å²) in [6.07, 6.45) is 9.61. The smallest absolute Gasteiger partial charge is 0.235 e. The van der Waals surface area contributed by atoms with Crippen LogP contribution in [0.1, 0.15) is 29.8 Å². The van der Waals surface area contributed by atoms with E-state index >= 15 is 0 Å². The SMILES string of the molecule is OCc1cnc(-n2cnc3c2CCCC3)nc1. The van der Waals surface area contributed by atoms with Crippen LogP contribution < -0.4 is 0 Å².